The van der Waals surface area contributed by atoms with Crippen LogP contribution in [0.2, 0.25) is 5.02 Å². The fraction of sp³-hybridized carbons (Fsp3) is 0.480. The molecule has 1 aromatic rings. The Morgan fingerprint density at radius 1 is 1.25 bits per heavy atom. The average Bonchev–Trinajstić information content (AvgIpc) is 2.75. The van der Waals surface area contributed by atoms with Gasteiger partial charge in [-0.2, -0.15) is 0 Å². The topological polar surface area (TPSA) is 165 Å². The number of hydrogen-bond donors (Lipinski definition) is 5. The van der Waals surface area contributed by atoms with Crippen molar-refractivity contribution in [3.05, 3.63) is 50.4 Å². The third-order valence-electron chi connectivity index (χ3n) is 8.07. The molecule has 6 N–H and O–H groups in total. The Hall–Kier alpha value is -2.92. The first kappa shape index (κ1) is 24.8. The number of amides is 1. The number of allylic oxidation sites excluding steroid dienone is 1. The summed E-state index contributed by atoms with van der Waals surface area (Å²) in [7, 11) is 3.18. The number of nitrogens with two attached hydrogens (primary N) is 1. The van der Waals surface area contributed by atoms with Crippen molar-refractivity contribution >= 4 is 29.1 Å². The van der Waals surface area contributed by atoms with Gasteiger partial charge in [-0.3, -0.25) is 24.2 Å². The lowest BCUT2D eigenvalue weighted by Gasteiger charge is -2.50. The normalized spacial score (nSPS) is 30.2. The number of primary amides is 1. The summed E-state index contributed by atoms with van der Waals surface area (Å²) in [6, 6.07) is 0.409. The fourth-order valence-electron chi connectivity index (χ4n) is 6.25. The molecule has 3 aliphatic carbocycles. The quantitative estimate of drug-likeness (QED) is 0.366. The number of carbonyl (C=O) groups excluding carboxylic acids is 3. The Bertz CT molecular complexity index is 1280. The maximum absolute atomic E-state index is 13.6. The van der Waals surface area contributed by atoms with Gasteiger partial charge in [0.15, 0.2) is 11.4 Å². The Balaban J connectivity index is 1.66. The molecule has 0 aromatic heterocycles. The van der Waals surface area contributed by atoms with Gasteiger partial charge < -0.3 is 26.2 Å². The summed E-state index contributed by atoms with van der Waals surface area (Å²) >= 11 is 6.72. The molecule has 192 valence electrons. The van der Waals surface area contributed by atoms with Crippen LogP contribution in [-0.2, 0) is 22.6 Å². The number of fused-ring (bicyclic) bond motifs is 3. The molecule has 1 aliphatic heterocycles. The number of Topliss-reactive ketones (excluding diaryl/α,β-unsaturated/α-hetero) is 2. The van der Waals surface area contributed by atoms with Gasteiger partial charge in [0.05, 0.1) is 11.6 Å². The van der Waals surface area contributed by atoms with Gasteiger partial charge in [-0.1, -0.05) is 11.6 Å². The number of likely N-dealkylation sites (tertiary alicyclic amines) is 1. The van der Waals surface area contributed by atoms with Crippen LogP contribution >= 0.6 is 11.6 Å². The average molecular weight is 518 g/mol. The van der Waals surface area contributed by atoms with Crippen LogP contribution in [-0.4, -0.2) is 86.5 Å². The monoisotopic (exact) mass is 517 g/mol. The van der Waals surface area contributed by atoms with Crippen LogP contribution in [0.1, 0.15) is 34.3 Å². The number of phenols is 1. The van der Waals surface area contributed by atoms with E-state index in [0.717, 1.165) is 19.5 Å². The molecule has 4 aliphatic rings. The van der Waals surface area contributed by atoms with Crippen LogP contribution in [0.3, 0.4) is 0 Å². The SMILES string of the molecule is CN(C)[C@@H]1C(O)=C(C(N)=O)C(=O)[C@@]2(O)C(O)=C3C(=O)c4c(O)cc(CN5CCC5)c(Cl)c4C[C@H]3C[C@@H]12. The van der Waals surface area contributed by atoms with E-state index < -0.39 is 58.0 Å². The first-order chi connectivity index (χ1) is 16.9. The van der Waals surface area contributed by atoms with Gasteiger partial charge in [0.25, 0.3) is 5.91 Å². The second-order valence-electron chi connectivity index (χ2n) is 10.3. The van der Waals surface area contributed by atoms with E-state index in [1.807, 2.05) is 0 Å². The summed E-state index contributed by atoms with van der Waals surface area (Å²) in [4.78, 5) is 42.6. The second-order valence-corrected chi connectivity index (χ2v) is 10.7. The predicted octanol–water partition coefficient (Wildman–Crippen LogP) is 0.980. The maximum Gasteiger partial charge on any atom is 0.255 e. The van der Waals surface area contributed by atoms with Crippen LogP contribution in [0.15, 0.2) is 28.7 Å². The Morgan fingerprint density at radius 2 is 1.92 bits per heavy atom. The number of rotatable bonds is 4. The minimum absolute atomic E-state index is 0.0270. The van der Waals surface area contributed by atoms with Gasteiger partial charge in [-0.25, -0.2) is 0 Å². The van der Waals surface area contributed by atoms with Gasteiger partial charge in [0.2, 0.25) is 5.78 Å². The molecular formula is C25H28ClN3O7. The molecular weight excluding hydrogens is 490 g/mol. The van der Waals surface area contributed by atoms with Crippen molar-refractivity contribution in [1.29, 1.82) is 0 Å². The zero-order valence-electron chi connectivity index (χ0n) is 19.9. The van der Waals surface area contributed by atoms with E-state index in [0.29, 0.717) is 22.7 Å². The van der Waals surface area contributed by atoms with E-state index in [-0.39, 0.29) is 29.7 Å². The number of aliphatic hydroxyl groups is 3. The van der Waals surface area contributed by atoms with Crippen molar-refractivity contribution in [1.82, 2.24) is 9.80 Å². The molecule has 0 unspecified atom stereocenters. The number of likely N-dealkylation sites (N-methyl/N-ethyl adjacent to an activating group) is 1. The third kappa shape index (κ3) is 3.25. The lowest BCUT2D eigenvalue weighted by Crippen LogP contribution is -2.63. The fourth-order valence-corrected chi connectivity index (χ4v) is 6.54. The third-order valence-corrected chi connectivity index (χ3v) is 8.54. The van der Waals surface area contributed by atoms with Gasteiger partial charge >= 0.3 is 0 Å². The number of halogens is 1. The highest BCUT2D eigenvalue weighted by Crippen LogP contribution is 2.53. The second kappa shape index (κ2) is 8.31. The maximum atomic E-state index is 13.6. The molecule has 1 fully saturated rings. The summed E-state index contributed by atoms with van der Waals surface area (Å²) in [5.41, 5.74) is 2.72. The lowest BCUT2D eigenvalue weighted by atomic mass is 9.58. The number of ketones is 2. The summed E-state index contributed by atoms with van der Waals surface area (Å²) in [5.74, 6) is -6.75. The van der Waals surface area contributed by atoms with E-state index in [2.05, 4.69) is 4.90 Å². The highest BCUT2D eigenvalue weighted by Gasteiger charge is 2.63. The van der Waals surface area contributed by atoms with Crippen molar-refractivity contribution in [2.45, 2.75) is 37.5 Å². The number of aromatic hydroxyl groups is 1. The summed E-state index contributed by atoms with van der Waals surface area (Å²) in [6.45, 7) is 2.36. The Morgan fingerprint density at radius 3 is 2.47 bits per heavy atom. The Kier molecular flexibility index (Phi) is 5.71. The molecule has 10 nitrogen and oxygen atoms in total. The molecule has 5 rings (SSSR count). The molecule has 1 saturated heterocycles. The van der Waals surface area contributed by atoms with E-state index in [1.54, 1.807) is 14.1 Å². The minimum Gasteiger partial charge on any atom is -0.510 e. The molecule has 0 bridgehead atoms. The zero-order chi connectivity index (χ0) is 26.3. The van der Waals surface area contributed by atoms with E-state index in [1.165, 1.54) is 11.0 Å². The van der Waals surface area contributed by atoms with Crippen molar-refractivity contribution in [2.24, 2.45) is 17.6 Å². The number of hydrogen-bond acceptors (Lipinski definition) is 9. The molecule has 1 amide bonds. The van der Waals surface area contributed by atoms with Gasteiger partial charge in [-0.15, -0.1) is 0 Å². The lowest BCUT2D eigenvalue weighted by molar-refractivity contribution is -0.148. The number of nitrogens with zero attached hydrogens (tertiary/aromatic N) is 2. The number of phenolic OH excluding ortho intramolecular Hbond substituents is 1. The van der Waals surface area contributed by atoms with Crippen LogP contribution < -0.4 is 5.73 Å². The first-order valence-electron chi connectivity index (χ1n) is 11.8. The highest BCUT2D eigenvalue weighted by molar-refractivity contribution is 6.33. The van der Waals surface area contributed by atoms with Crippen LogP contribution in [0, 0.1) is 11.8 Å². The van der Waals surface area contributed by atoms with Gasteiger partial charge in [0.1, 0.15) is 22.8 Å². The van der Waals surface area contributed by atoms with Crippen LogP contribution in [0.25, 0.3) is 0 Å². The van der Waals surface area contributed by atoms with Crippen molar-refractivity contribution < 1.29 is 34.8 Å². The summed E-state index contributed by atoms with van der Waals surface area (Å²) in [5, 5.41) is 44.8. The Labute approximate surface area is 212 Å². The van der Waals surface area contributed by atoms with Gasteiger partial charge in [0, 0.05) is 23.1 Å². The zero-order valence-corrected chi connectivity index (χ0v) is 20.7. The van der Waals surface area contributed by atoms with E-state index >= 15 is 0 Å². The summed E-state index contributed by atoms with van der Waals surface area (Å²) < 4.78 is 0. The van der Waals surface area contributed by atoms with Crippen LogP contribution in [0.4, 0.5) is 0 Å². The van der Waals surface area contributed by atoms with Crippen molar-refractivity contribution in [3.63, 3.8) is 0 Å². The standard InChI is InChI=1S/C25H28ClN3O7/c1-28(2)19-13-7-10-6-12-16(14(30)8-11(18(12)26)9-29-4-3-5-29)20(31)15(10)22(33)25(13,36)23(34)17(21(19)32)24(27)35/h8,10,13,19,30,32-33,36H,3-7,9H2,1-2H3,(H2,27,35)/t10-,13-,19-,25-/m0/s1. The molecule has 1 aromatic carbocycles. The predicted molar refractivity (Wildman–Crippen MR) is 129 cm³/mol. The minimum atomic E-state index is -2.65. The molecule has 1 heterocycles. The van der Waals surface area contributed by atoms with E-state index in [9.17, 15) is 34.8 Å². The molecule has 11 heteroatoms. The van der Waals surface area contributed by atoms with Crippen molar-refractivity contribution in [3.8, 4) is 5.75 Å². The smallest absolute Gasteiger partial charge is 0.255 e. The molecule has 0 spiro atoms. The van der Waals surface area contributed by atoms with Crippen molar-refractivity contribution in [2.75, 3.05) is 27.2 Å². The number of carbonyl (C=O) groups is 3. The van der Waals surface area contributed by atoms with E-state index in [4.69, 9.17) is 17.3 Å². The number of aliphatic hydroxyl groups excluding tert-OH is 2. The first-order valence-corrected chi connectivity index (χ1v) is 12.2. The highest BCUT2D eigenvalue weighted by atomic mass is 35.5. The largest absolute Gasteiger partial charge is 0.510 e. The summed E-state index contributed by atoms with van der Waals surface area (Å²) in [6.07, 6.45) is 1.28. The molecule has 36 heavy (non-hydrogen) atoms. The van der Waals surface area contributed by atoms with Gasteiger partial charge in [-0.05, 0) is 69.6 Å². The van der Waals surface area contributed by atoms with Crippen LogP contribution in [0.5, 0.6) is 5.75 Å². The molecule has 0 saturated carbocycles. The molecule has 0 radical (unpaired) electrons. The molecule has 4 atom stereocenters. The number of benzene rings is 1.